The molecule has 1 aromatic carbocycles. The number of nitriles is 1. The van der Waals surface area contributed by atoms with Gasteiger partial charge in [-0.1, -0.05) is 6.07 Å². The predicted molar refractivity (Wildman–Crippen MR) is 87.7 cm³/mol. The van der Waals surface area contributed by atoms with Crippen LogP contribution in [0.25, 0.3) is 0 Å². The molecular weight excluding hydrogens is 260 g/mol. The lowest BCUT2D eigenvalue weighted by molar-refractivity contribution is 0.278. The molecule has 0 saturated heterocycles. The van der Waals surface area contributed by atoms with Crippen LogP contribution in [-0.2, 0) is 0 Å². The molecule has 0 aliphatic carbocycles. The molecule has 1 unspecified atom stereocenters. The second-order valence-corrected chi connectivity index (χ2v) is 6.40. The summed E-state index contributed by atoms with van der Waals surface area (Å²) in [6.45, 7) is 13.0. The van der Waals surface area contributed by atoms with E-state index in [0.717, 1.165) is 18.6 Å². The predicted octanol–water partition coefficient (Wildman–Crippen LogP) is 4.05. The molecule has 0 spiro atoms. The van der Waals surface area contributed by atoms with Crippen LogP contribution in [0.4, 0.5) is 0 Å². The van der Waals surface area contributed by atoms with E-state index in [1.807, 2.05) is 6.92 Å². The van der Waals surface area contributed by atoms with Gasteiger partial charge in [0, 0.05) is 6.04 Å². The number of rotatable bonds is 7. The van der Waals surface area contributed by atoms with Gasteiger partial charge in [0.1, 0.15) is 11.3 Å². The maximum Gasteiger partial charge on any atom is 0.122 e. The molecule has 0 fully saturated rings. The quantitative estimate of drug-likeness (QED) is 0.770. The Kier molecular flexibility index (Phi) is 6.23. The highest BCUT2D eigenvalue weighted by atomic mass is 16.5. The average molecular weight is 288 g/mol. The molecule has 1 atom stereocenters. The number of ether oxygens (including phenoxy) is 1. The van der Waals surface area contributed by atoms with E-state index in [0.29, 0.717) is 12.6 Å². The molecule has 3 nitrogen and oxygen atoms in total. The Morgan fingerprint density at radius 3 is 2.52 bits per heavy atom. The third-order valence-electron chi connectivity index (χ3n) is 3.70. The van der Waals surface area contributed by atoms with Crippen LogP contribution in [0.1, 0.15) is 50.3 Å². The largest absolute Gasteiger partial charge is 0.493 e. The van der Waals surface area contributed by atoms with Gasteiger partial charge in [0.2, 0.25) is 0 Å². The Morgan fingerprint density at radius 1 is 1.29 bits per heavy atom. The zero-order valence-electron chi connectivity index (χ0n) is 14.2. The molecule has 0 aliphatic rings. The van der Waals surface area contributed by atoms with E-state index in [2.05, 4.69) is 58.1 Å². The van der Waals surface area contributed by atoms with Gasteiger partial charge < -0.3 is 4.74 Å². The van der Waals surface area contributed by atoms with Crippen molar-refractivity contribution in [2.75, 3.05) is 6.61 Å². The van der Waals surface area contributed by atoms with Crippen molar-refractivity contribution in [3.05, 3.63) is 28.8 Å². The van der Waals surface area contributed by atoms with Crippen LogP contribution in [0.2, 0.25) is 0 Å². The van der Waals surface area contributed by atoms with Crippen molar-refractivity contribution in [3.8, 4) is 11.8 Å². The van der Waals surface area contributed by atoms with Crippen LogP contribution in [-0.4, -0.2) is 18.2 Å². The normalized spacial score (nSPS) is 13.8. The SMILES string of the molecule is Cc1cc(C)c(C)c(OCCCC(C)(C#N)NC(C)C)c1. The topological polar surface area (TPSA) is 45.0 Å². The summed E-state index contributed by atoms with van der Waals surface area (Å²) in [6, 6.07) is 6.92. The van der Waals surface area contributed by atoms with Crippen LogP contribution in [0, 0.1) is 32.1 Å². The highest BCUT2D eigenvalue weighted by Crippen LogP contribution is 2.23. The third-order valence-corrected chi connectivity index (χ3v) is 3.70. The van der Waals surface area contributed by atoms with E-state index in [4.69, 9.17) is 4.74 Å². The van der Waals surface area contributed by atoms with Crippen LogP contribution < -0.4 is 10.1 Å². The summed E-state index contributed by atoms with van der Waals surface area (Å²) in [6.07, 6.45) is 1.64. The first kappa shape index (κ1) is 17.5. The van der Waals surface area contributed by atoms with Crippen LogP contribution in [0.15, 0.2) is 12.1 Å². The van der Waals surface area contributed by atoms with Crippen molar-refractivity contribution < 1.29 is 4.74 Å². The first-order valence-corrected chi connectivity index (χ1v) is 7.67. The summed E-state index contributed by atoms with van der Waals surface area (Å²) in [5, 5.41) is 12.6. The van der Waals surface area contributed by atoms with E-state index in [1.54, 1.807) is 0 Å². The number of nitrogens with zero attached hydrogens (tertiary/aromatic N) is 1. The van der Waals surface area contributed by atoms with Crippen molar-refractivity contribution in [2.45, 2.75) is 66.0 Å². The van der Waals surface area contributed by atoms with Gasteiger partial charge in [-0.05, 0) is 77.1 Å². The van der Waals surface area contributed by atoms with Crippen molar-refractivity contribution in [2.24, 2.45) is 0 Å². The second-order valence-electron chi connectivity index (χ2n) is 6.40. The van der Waals surface area contributed by atoms with Gasteiger partial charge in [-0.3, -0.25) is 5.32 Å². The molecular formula is C18H28N2O. The minimum Gasteiger partial charge on any atom is -0.493 e. The minimum atomic E-state index is -0.477. The van der Waals surface area contributed by atoms with Crippen LogP contribution in [0.3, 0.4) is 0 Å². The Balaban J connectivity index is 2.53. The maximum absolute atomic E-state index is 9.31. The molecule has 0 aromatic heterocycles. The zero-order valence-corrected chi connectivity index (χ0v) is 14.2. The molecule has 1 aromatic rings. The van der Waals surface area contributed by atoms with Crippen LogP contribution >= 0.6 is 0 Å². The molecule has 0 heterocycles. The van der Waals surface area contributed by atoms with Crippen molar-refractivity contribution in [1.82, 2.24) is 5.32 Å². The van der Waals surface area contributed by atoms with E-state index in [9.17, 15) is 5.26 Å². The Labute approximate surface area is 129 Å². The summed E-state index contributed by atoms with van der Waals surface area (Å²) in [4.78, 5) is 0. The molecule has 1 rings (SSSR count). The average Bonchev–Trinajstić information content (AvgIpc) is 2.39. The van der Waals surface area contributed by atoms with Gasteiger partial charge in [-0.15, -0.1) is 0 Å². The van der Waals surface area contributed by atoms with Gasteiger partial charge in [-0.25, -0.2) is 0 Å². The van der Waals surface area contributed by atoms with Crippen LogP contribution in [0.5, 0.6) is 5.75 Å². The minimum absolute atomic E-state index is 0.303. The fourth-order valence-corrected chi connectivity index (χ4v) is 2.56. The smallest absolute Gasteiger partial charge is 0.122 e. The van der Waals surface area contributed by atoms with Gasteiger partial charge in [0.15, 0.2) is 0 Å². The first-order chi connectivity index (χ1) is 9.77. The number of nitrogens with one attached hydrogen (secondary N) is 1. The van der Waals surface area contributed by atoms with E-state index in [-0.39, 0.29) is 0 Å². The second kappa shape index (κ2) is 7.47. The lowest BCUT2D eigenvalue weighted by atomic mass is 9.97. The maximum atomic E-state index is 9.31. The third kappa shape index (κ3) is 5.40. The summed E-state index contributed by atoms with van der Waals surface area (Å²) in [5.41, 5.74) is 3.20. The number of aryl methyl sites for hydroxylation is 2. The van der Waals surface area contributed by atoms with Crippen molar-refractivity contribution in [1.29, 1.82) is 5.26 Å². The van der Waals surface area contributed by atoms with E-state index < -0.39 is 5.54 Å². The summed E-state index contributed by atoms with van der Waals surface area (Å²) in [7, 11) is 0. The summed E-state index contributed by atoms with van der Waals surface area (Å²) in [5.74, 6) is 0.961. The molecule has 0 amide bonds. The van der Waals surface area contributed by atoms with Gasteiger partial charge in [0.05, 0.1) is 12.7 Å². The fourth-order valence-electron chi connectivity index (χ4n) is 2.56. The lowest BCUT2D eigenvalue weighted by Gasteiger charge is -2.25. The monoisotopic (exact) mass is 288 g/mol. The highest BCUT2D eigenvalue weighted by Gasteiger charge is 2.23. The summed E-state index contributed by atoms with van der Waals surface area (Å²) >= 11 is 0. The molecule has 0 radical (unpaired) electrons. The van der Waals surface area contributed by atoms with Crippen molar-refractivity contribution >= 4 is 0 Å². The van der Waals surface area contributed by atoms with Gasteiger partial charge >= 0.3 is 0 Å². The van der Waals surface area contributed by atoms with E-state index >= 15 is 0 Å². The molecule has 1 N–H and O–H groups in total. The fraction of sp³-hybridized carbons (Fsp3) is 0.611. The molecule has 0 aliphatic heterocycles. The number of benzene rings is 1. The zero-order chi connectivity index (χ0) is 16.0. The highest BCUT2D eigenvalue weighted by molar-refractivity contribution is 5.41. The number of hydrogen-bond acceptors (Lipinski definition) is 3. The van der Waals surface area contributed by atoms with E-state index in [1.165, 1.54) is 16.7 Å². The Morgan fingerprint density at radius 2 is 1.95 bits per heavy atom. The summed E-state index contributed by atoms with van der Waals surface area (Å²) < 4.78 is 5.91. The van der Waals surface area contributed by atoms with Gasteiger partial charge in [-0.2, -0.15) is 5.26 Å². The van der Waals surface area contributed by atoms with Crippen molar-refractivity contribution in [3.63, 3.8) is 0 Å². The Hall–Kier alpha value is -1.53. The standard InChI is InChI=1S/C18H28N2O/c1-13(2)20-18(6,12-19)8-7-9-21-17-11-14(3)10-15(4)16(17)5/h10-11,13,20H,7-9H2,1-6H3. The molecule has 0 saturated carbocycles. The molecule has 21 heavy (non-hydrogen) atoms. The molecule has 116 valence electrons. The molecule has 0 bridgehead atoms. The Bertz CT molecular complexity index is 517. The lowest BCUT2D eigenvalue weighted by Crippen LogP contribution is -2.45. The number of hydrogen-bond donors (Lipinski definition) is 1. The molecule has 3 heteroatoms. The van der Waals surface area contributed by atoms with Gasteiger partial charge in [0.25, 0.3) is 0 Å². The first-order valence-electron chi connectivity index (χ1n) is 7.67.